The molecule has 0 amide bonds. The van der Waals surface area contributed by atoms with Gasteiger partial charge in [-0.15, -0.1) is 11.3 Å². The maximum Gasteiger partial charge on any atom is 0.360 e. The molecule has 0 saturated heterocycles. The summed E-state index contributed by atoms with van der Waals surface area (Å²) in [6.45, 7) is 6.80. The molecule has 2 N–H and O–H groups in total. The third-order valence-electron chi connectivity index (χ3n) is 3.32. The number of nitrogens with zero attached hydrogens (tertiary/aromatic N) is 2. The minimum atomic E-state index is -0.502. The number of nitrogen functional groups attached to an aromatic ring is 1. The van der Waals surface area contributed by atoms with Crippen molar-refractivity contribution in [3.05, 3.63) is 33.9 Å². The molecule has 0 aliphatic carbocycles. The molecule has 2 aromatic heterocycles. The number of carbonyl (C=O) groups excluding carboxylic acids is 1. The molecular weight excluding hydrogens is 274 g/mol. The summed E-state index contributed by atoms with van der Waals surface area (Å²) < 4.78 is 6.56. The summed E-state index contributed by atoms with van der Waals surface area (Å²) in [4.78, 5) is 17.1. The molecule has 108 valence electrons. The first-order valence-corrected chi connectivity index (χ1v) is 7.19. The van der Waals surface area contributed by atoms with Crippen LogP contribution in [-0.2, 0) is 16.7 Å². The summed E-state index contributed by atoms with van der Waals surface area (Å²) in [6.07, 6.45) is 0. The number of nitrogens with two attached hydrogens (primary N) is 1. The van der Waals surface area contributed by atoms with Crippen LogP contribution in [0.3, 0.4) is 0 Å². The highest BCUT2D eigenvalue weighted by atomic mass is 32.1. The number of hydrogen-bond donors (Lipinski definition) is 1. The van der Waals surface area contributed by atoms with E-state index in [1.165, 1.54) is 12.0 Å². The summed E-state index contributed by atoms with van der Waals surface area (Å²) in [5.74, 6) is 0.574. The third-order valence-corrected chi connectivity index (χ3v) is 4.55. The van der Waals surface area contributed by atoms with Crippen molar-refractivity contribution in [3.63, 3.8) is 0 Å². The summed E-state index contributed by atoms with van der Waals surface area (Å²) >= 11 is 1.71. The van der Waals surface area contributed by atoms with Gasteiger partial charge in [0, 0.05) is 16.8 Å². The van der Waals surface area contributed by atoms with E-state index in [0.717, 1.165) is 0 Å². The number of imidazole rings is 1. The molecule has 6 heteroatoms. The van der Waals surface area contributed by atoms with Crippen LogP contribution in [0.25, 0.3) is 0 Å². The van der Waals surface area contributed by atoms with Gasteiger partial charge in [0.15, 0.2) is 5.69 Å². The lowest BCUT2D eigenvalue weighted by molar-refractivity contribution is 0.0595. The van der Waals surface area contributed by atoms with Gasteiger partial charge in [-0.1, -0.05) is 19.9 Å². The van der Waals surface area contributed by atoms with Gasteiger partial charge >= 0.3 is 5.97 Å². The molecule has 20 heavy (non-hydrogen) atoms. The van der Waals surface area contributed by atoms with E-state index in [0.29, 0.717) is 18.2 Å². The van der Waals surface area contributed by atoms with Gasteiger partial charge in [0.2, 0.25) is 0 Å². The molecule has 0 aliphatic heterocycles. The van der Waals surface area contributed by atoms with Crippen molar-refractivity contribution in [1.82, 2.24) is 9.55 Å². The summed E-state index contributed by atoms with van der Waals surface area (Å²) in [5, 5.41) is 2.06. The van der Waals surface area contributed by atoms with E-state index in [-0.39, 0.29) is 11.1 Å². The maximum atomic E-state index is 11.6. The fourth-order valence-electron chi connectivity index (χ4n) is 2.16. The maximum absolute atomic E-state index is 11.6. The van der Waals surface area contributed by atoms with Gasteiger partial charge in [0.05, 0.1) is 7.11 Å². The predicted molar refractivity (Wildman–Crippen MR) is 80.1 cm³/mol. The number of hydrogen-bond acceptors (Lipinski definition) is 5. The van der Waals surface area contributed by atoms with E-state index >= 15 is 0 Å². The van der Waals surface area contributed by atoms with Crippen LogP contribution in [0.5, 0.6) is 0 Å². The number of thiophene rings is 1. The summed E-state index contributed by atoms with van der Waals surface area (Å²) in [5.41, 5.74) is 6.15. The van der Waals surface area contributed by atoms with E-state index in [9.17, 15) is 4.79 Å². The number of ether oxygens (including phenoxy) is 1. The molecule has 0 unspecified atom stereocenters. The minimum Gasteiger partial charge on any atom is -0.464 e. The van der Waals surface area contributed by atoms with Crippen molar-refractivity contribution >= 4 is 23.1 Å². The molecule has 0 aliphatic rings. The van der Waals surface area contributed by atoms with Gasteiger partial charge in [-0.25, -0.2) is 9.78 Å². The highest BCUT2D eigenvalue weighted by Crippen LogP contribution is 2.31. The van der Waals surface area contributed by atoms with Crippen LogP contribution in [0.4, 0.5) is 5.82 Å². The number of methoxy groups -OCH3 is 1. The first kappa shape index (κ1) is 14.6. The van der Waals surface area contributed by atoms with Crippen LogP contribution in [0.2, 0.25) is 0 Å². The van der Waals surface area contributed by atoms with Crippen molar-refractivity contribution in [2.75, 3.05) is 12.8 Å². The molecule has 2 aromatic rings. The van der Waals surface area contributed by atoms with E-state index in [1.807, 2.05) is 17.6 Å². The molecular formula is C14H19N3O2S. The largest absolute Gasteiger partial charge is 0.464 e. The average Bonchev–Trinajstić information content (AvgIpc) is 3.02. The van der Waals surface area contributed by atoms with Crippen LogP contribution in [0.1, 0.15) is 35.0 Å². The van der Waals surface area contributed by atoms with E-state index in [2.05, 4.69) is 30.3 Å². The molecule has 2 heterocycles. The Hall–Kier alpha value is -1.82. The second-order valence-electron chi connectivity index (χ2n) is 5.33. The van der Waals surface area contributed by atoms with Crippen molar-refractivity contribution in [2.24, 2.45) is 0 Å². The number of aromatic nitrogens is 2. The average molecular weight is 293 g/mol. The summed E-state index contributed by atoms with van der Waals surface area (Å²) in [6, 6.07) is 4.14. The predicted octanol–water partition coefficient (Wildman–Crippen LogP) is 2.60. The number of anilines is 1. The highest BCUT2D eigenvalue weighted by molar-refractivity contribution is 7.10. The number of aryl methyl sites for hydroxylation is 1. The quantitative estimate of drug-likeness (QED) is 0.880. The first-order chi connectivity index (χ1) is 9.36. The molecule has 0 radical (unpaired) electrons. The van der Waals surface area contributed by atoms with Crippen LogP contribution >= 0.6 is 11.3 Å². The van der Waals surface area contributed by atoms with Crippen LogP contribution in [0.15, 0.2) is 17.5 Å². The second kappa shape index (κ2) is 5.28. The fourth-order valence-corrected chi connectivity index (χ4v) is 3.01. The molecule has 2 rings (SSSR count). The zero-order valence-corrected chi connectivity index (χ0v) is 13.0. The van der Waals surface area contributed by atoms with Gasteiger partial charge in [0.1, 0.15) is 11.6 Å². The smallest absolute Gasteiger partial charge is 0.360 e. The number of esters is 1. The van der Waals surface area contributed by atoms with Crippen molar-refractivity contribution in [3.8, 4) is 0 Å². The van der Waals surface area contributed by atoms with Gasteiger partial charge in [-0.2, -0.15) is 0 Å². The lowest BCUT2D eigenvalue weighted by atomic mass is 9.91. The molecule has 0 atom stereocenters. The highest BCUT2D eigenvalue weighted by Gasteiger charge is 2.27. The molecule has 0 saturated carbocycles. The van der Waals surface area contributed by atoms with Crippen LogP contribution in [0, 0.1) is 6.92 Å². The Kier molecular flexibility index (Phi) is 3.85. The SMILES string of the molecule is COC(=O)c1nc(C)n(CC(C)(C)c2cccs2)c1N. The number of rotatable bonds is 4. The second-order valence-corrected chi connectivity index (χ2v) is 6.28. The van der Waals surface area contributed by atoms with Crippen LogP contribution < -0.4 is 5.73 Å². The Labute approximate surface area is 122 Å². The van der Waals surface area contributed by atoms with E-state index in [4.69, 9.17) is 10.5 Å². The molecule has 0 bridgehead atoms. The van der Waals surface area contributed by atoms with E-state index < -0.39 is 5.97 Å². The molecule has 5 nitrogen and oxygen atoms in total. The third kappa shape index (κ3) is 2.56. The first-order valence-electron chi connectivity index (χ1n) is 6.31. The zero-order chi connectivity index (χ0) is 14.9. The molecule has 0 fully saturated rings. The zero-order valence-electron chi connectivity index (χ0n) is 12.1. The monoisotopic (exact) mass is 293 g/mol. The Morgan fingerprint density at radius 1 is 1.55 bits per heavy atom. The Bertz CT molecular complexity index is 615. The normalized spacial score (nSPS) is 11.6. The van der Waals surface area contributed by atoms with Crippen molar-refractivity contribution in [1.29, 1.82) is 0 Å². The van der Waals surface area contributed by atoms with Gasteiger partial charge in [-0.05, 0) is 18.4 Å². The standard InChI is InChI=1S/C14H19N3O2S/c1-9-16-11(13(18)19-4)12(15)17(9)8-14(2,3)10-6-5-7-20-10/h5-7H,8,15H2,1-4H3. The van der Waals surface area contributed by atoms with Crippen molar-refractivity contribution in [2.45, 2.75) is 32.7 Å². The van der Waals surface area contributed by atoms with E-state index in [1.54, 1.807) is 11.3 Å². The van der Waals surface area contributed by atoms with Crippen molar-refractivity contribution < 1.29 is 9.53 Å². The fraction of sp³-hybridized carbons (Fsp3) is 0.429. The lowest BCUT2D eigenvalue weighted by Gasteiger charge is -2.25. The van der Waals surface area contributed by atoms with Crippen LogP contribution in [-0.4, -0.2) is 22.6 Å². The Morgan fingerprint density at radius 2 is 2.25 bits per heavy atom. The molecule has 0 aromatic carbocycles. The molecule has 0 spiro atoms. The Morgan fingerprint density at radius 3 is 2.80 bits per heavy atom. The lowest BCUT2D eigenvalue weighted by Crippen LogP contribution is -2.25. The van der Waals surface area contributed by atoms with Gasteiger partial charge in [-0.3, -0.25) is 0 Å². The topological polar surface area (TPSA) is 70.1 Å². The summed E-state index contributed by atoms with van der Waals surface area (Å²) in [7, 11) is 1.33. The van der Waals surface area contributed by atoms with Gasteiger partial charge in [0.25, 0.3) is 0 Å². The minimum absolute atomic E-state index is 0.0822. The van der Waals surface area contributed by atoms with Gasteiger partial charge < -0.3 is 15.0 Å². The number of carbonyl (C=O) groups is 1. The Balaban J connectivity index is 2.35.